The van der Waals surface area contributed by atoms with Crippen molar-refractivity contribution in [2.24, 2.45) is 0 Å². The number of carbonyl (C=O) groups excluding carboxylic acids is 1. The SMILES string of the molecule is CCc1ccc(S(=O)(=O)N2CCNC(=O)C2CC)cc1. The number of rotatable bonds is 4. The van der Waals surface area contributed by atoms with Gasteiger partial charge in [-0.3, -0.25) is 4.79 Å². The van der Waals surface area contributed by atoms with Crippen molar-refractivity contribution in [2.45, 2.75) is 37.6 Å². The Bertz CT molecular complexity index is 581. The molecule has 0 spiro atoms. The minimum Gasteiger partial charge on any atom is -0.353 e. The van der Waals surface area contributed by atoms with Gasteiger partial charge in [0.25, 0.3) is 0 Å². The van der Waals surface area contributed by atoms with E-state index in [4.69, 9.17) is 0 Å². The summed E-state index contributed by atoms with van der Waals surface area (Å²) in [6, 6.07) is 6.26. The van der Waals surface area contributed by atoms with Crippen LogP contribution in [-0.2, 0) is 21.2 Å². The highest BCUT2D eigenvalue weighted by molar-refractivity contribution is 7.89. The van der Waals surface area contributed by atoms with Crippen molar-refractivity contribution in [3.8, 4) is 0 Å². The van der Waals surface area contributed by atoms with Crippen LogP contribution in [-0.4, -0.2) is 37.8 Å². The molecule has 0 bridgehead atoms. The normalized spacial score (nSPS) is 20.7. The van der Waals surface area contributed by atoms with E-state index in [1.54, 1.807) is 12.1 Å². The average molecular weight is 296 g/mol. The summed E-state index contributed by atoms with van der Waals surface area (Å²) < 4.78 is 26.6. The maximum absolute atomic E-state index is 12.6. The molecule has 5 nitrogen and oxygen atoms in total. The largest absolute Gasteiger partial charge is 0.353 e. The van der Waals surface area contributed by atoms with Crippen LogP contribution in [0.1, 0.15) is 25.8 Å². The van der Waals surface area contributed by atoms with E-state index in [1.165, 1.54) is 4.31 Å². The minimum atomic E-state index is -3.61. The summed E-state index contributed by atoms with van der Waals surface area (Å²) in [7, 11) is -3.61. The first kappa shape index (κ1) is 15.0. The number of nitrogens with one attached hydrogen (secondary N) is 1. The van der Waals surface area contributed by atoms with Crippen LogP contribution in [0.4, 0.5) is 0 Å². The number of amides is 1. The Morgan fingerprint density at radius 1 is 1.25 bits per heavy atom. The monoisotopic (exact) mass is 296 g/mol. The number of hydrogen-bond donors (Lipinski definition) is 1. The molecule has 1 aliphatic rings. The van der Waals surface area contributed by atoms with Crippen LogP contribution in [0.25, 0.3) is 0 Å². The van der Waals surface area contributed by atoms with E-state index in [9.17, 15) is 13.2 Å². The lowest BCUT2D eigenvalue weighted by Crippen LogP contribution is -2.56. The third-order valence-corrected chi connectivity index (χ3v) is 5.53. The Kier molecular flexibility index (Phi) is 4.45. The van der Waals surface area contributed by atoms with Gasteiger partial charge in [-0.15, -0.1) is 0 Å². The summed E-state index contributed by atoms with van der Waals surface area (Å²) in [5.74, 6) is -0.215. The smallest absolute Gasteiger partial charge is 0.243 e. The molecule has 1 saturated heterocycles. The van der Waals surface area contributed by atoms with Crippen LogP contribution in [0.2, 0.25) is 0 Å². The second-order valence-corrected chi connectivity index (χ2v) is 6.72. The summed E-state index contributed by atoms with van der Waals surface area (Å²) in [6.07, 6.45) is 1.34. The predicted octanol–water partition coefficient (Wildman–Crippen LogP) is 1.15. The molecule has 0 aliphatic carbocycles. The summed E-state index contributed by atoms with van der Waals surface area (Å²) >= 11 is 0. The molecular weight excluding hydrogens is 276 g/mol. The average Bonchev–Trinajstić information content (AvgIpc) is 2.47. The number of hydrogen-bond acceptors (Lipinski definition) is 3. The van der Waals surface area contributed by atoms with Crippen molar-refractivity contribution in [1.29, 1.82) is 0 Å². The molecule has 1 aromatic carbocycles. The first-order valence-electron chi connectivity index (χ1n) is 6.89. The highest BCUT2D eigenvalue weighted by Gasteiger charge is 2.37. The molecule has 1 atom stereocenters. The number of nitrogens with zero attached hydrogens (tertiary/aromatic N) is 1. The molecule has 20 heavy (non-hydrogen) atoms. The van der Waals surface area contributed by atoms with E-state index in [0.29, 0.717) is 19.5 Å². The minimum absolute atomic E-state index is 0.215. The third-order valence-electron chi connectivity index (χ3n) is 3.61. The first-order valence-corrected chi connectivity index (χ1v) is 8.33. The van der Waals surface area contributed by atoms with E-state index >= 15 is 0 Å². The number of sulfonamides is 1. The van der Waals surface area contributed by atoms with Crippen molar-refractivity contribution in [1.82, 2.24) is 9.62 Å². The van der Waals surface area contributed by atoms with Crippen LogP contribution in [0.15, 0.2) is 29.2 Å². The topological polar surface area (TPSA) is 66.5 Å². The Balaban J connectivity index is 2.34. The zero-order valence-corrected chi connectivity index (χ0v) is 12.6. The van der Waals surface area contributed by atoms with Gasteiger partial charge in [-0.2, -0.15) is 4.31 Å². The summed E-state index contributed by atoms with van der Waals surface area (Å²) in [5, 5.41) is 2.71. The highest BCUT2D eigenvalue weighted by atomic mass is 32.2. The van der Waals surface area contributed by atoms with Crippen LogP contribution >= 0.6 is 0 Å². The standard InChI is InChI=1S/C14H20N2O3S/c1-3-11-5-7-12(8-6-11)20(18,19)16-10-9-15-14(17)13(16)4-2/h5-8,13H,3-4,9-10H2,1-2H3,(H,15,17). The van der Waals surface area contributed by atoms with Crippen molar-refractivity contribution in [2.75, 3.05) is 13.1 Å². The van der Waals surface area contributed by atoms with E-state index in [-0.39, 0.29) is 10.8 Å². The van der Waals surface area contributed by atoms with Gasteiger partial charge in [-0.1, -0.05) is 26.0 Å². The fraction of sp³-hybridized carbons (Fsp3) is 0.500. The molecule has 0 radical (unpaired) electrons. The maximum atomic E-state index is 12.6. The molecule has 1 fully saturated rings. The van der Waals surface area contributed by atoms with Gasteiger partial charge in [-0.05, 0) is 30.5 Å². The van der Waals surface area contributed by atoms with E-state index in [1.807, 2.05) is 26.0 Å². The Morgan fingerprint density at radius 3 is 2.45 bits per heavy atom. The molecule has 0 saturated carbocycles. The molecule has 2 rings (SSSR count). The van der Waals surface area contributed by atoms with E-state index in [0.717, 1.165) is 12.0 Å². The van der Waals surface area contributed by atoms with Gasteiger partial charge in [0.2, 0.25) is 15.9 Å². The van der Waals surface area contributed by atoms with Gasteiger partial charge in [0.05, 0.1) is 4.90 Å². The fourth-order valence-corrected chi connectivity index (χ4v) is 4.07. The third kappa shape index (κ3) is 2.71. The van der Waals surface area contributed by atoms with Crippen molar-refractivity contribution in [3.63, 3.8) is 0 Å². The second kappa shape index (κ2) is 5.93. The van der Waals surface area contributed by atoms with Crippen molar-refractivity contribution >= 4 is 15.9 Å². The van der Waals surface area contributed by atoms with Gasteiger partial charge < -0.3 is 5.32 Å². The highest BCUT2D eigenvalue weighted by Crippen LogP contribution is 2.21. The van der Waals surface area contributed by atoms with Gasteiger partial charge in [0.1, 0.15) is 6.04 Å². The fourth-order valence-electron chi connectivity index (χ4n) is 2.40. The lowest BCUT2D eigenvalue weighted by Gasteiger charge is -2.33. The van der Waals surface area contributed by atoms with Crippen molar-refractivity contribution in [3.05, 3.63) is 29.8 Å². The second-order valence-electron chi connectivity index (χ2n) is 4.83. The van der Waals surface area contributed by atoms with E-state index < -0.39 is 16.1 Å². The zero-order valence-electron chi connectivity index (χ0n) is 11.8. The molecule has 1 unspecified atom stereocenters. The van der Waals surface area contributed by atoms with E-state index in [2.05, 4.69) is 5.32 Å². The molecule has 0 aromatic heterocycles. The molecule has 1 N–H and O–H groups in total. The van der Waals surface area contributed by atoms with Crippen LogP contribution < -0.4 is 5.32 Å². The van der Waals surface area contributed by atoms with Crippen LogP contribution in [0.3, 0.4) is 0 Å². The number of carbonyl (C=O) groups is 1. The Labute approximate surface area is 120 Å². The molecule has 1 heterocycles. The zero-order chi connectivity index (χ0) is 14.8. The van der Waals surface area contributed by atoms with Crippen molar-refractivity contribution < 1.29 is 13.2 Å². The number of benzene rings is 1. The maximum Gasteiger partial charge on any atom is 0.243 e. The number of piperazine rings is 1. The quantitative estimate of drug-likeness (QED) is 0.906. The van der Waals surface area contributed by atoms with Gasteiger partial charge in [0.15, 0.2) is 0 Å². The lowest BCUT2D eigenvalue weighted by molar-refractivity contribution is -0.126. The van der Waals surface area contributed by atoms with Gasteiger partial charge >= 0.3 is 0 Å². The number of aryl methyl sites for hydroxylation is 1. The molecule has 110 valence electrons. The summed E-state index contributed by atoms with van der Waals surface area (Å²) in [4.78, 5) is 12.0. The van der Waals surface area contributed by atoms with Crippen LogP contribution in [0, 0.1) is 0 Å². The first-order chi connectivity index (χ1) is 9.50. The van der Waals surface area contributed by atoms with Gasteiger partial charge in [0, 0.05) is 13.1 Å². The van der Waals surface area contributed by atoms with Crippen LogP contribution in [0.5, 0.6) is 0 Å². The Hall–Kier alpha value is -1.40. The predicted molar refractivity (Wildman–Crippen MR) is 76.8 cm³/mol. The molecular formula is C14H20N2O3S. The summed E-state index contributed by atoms with van der Waals surface area (Å²) in [5.41, 5.74) is 1.09. The molecule has 1 amide bonds. The van der Waals surface area contributed by atoms with Gasteiger partial charge in [-0.25, -0.2) is 8.42 Å². The Morgan fingerprint density at radius 2 is 1.90 bits per heavy atom. The molecule has 6 heteroatoms. The molecule has 1 aromatic rings. The summed E-state index contributed by atoms with van der Waals surface area (Å²) in [6.45, 7) is 4.52. The molecule has 1 aliphatic heterocycles. The lowest BCUT2D eigenvalue weighted by atomic mass is 10.2.